The van der Waals surface area contributed by atoms with Crippen molar-refractivity contribution in [1.82, 2.24) is 25.1 Å². The molecule has 0 saturated carbocycles. The first-order chi connectivity index (χ1) is 9.61. The highest BCUT2D eigenvalue weighted by Gasteiger charge is 2.38. The minimum atomic E-state index is 0.0567. The summed E-state index contributed by atoms with van der Waals surface area (Å²) in [5.41, 5.74) is 3.09. The number of likely N-dealkylation sites (tertiary alicyclic amines) is 1. The van der Waals surface area contributed by atoms with Gasteiger partial charge in [-0.2, -0.15) is 5.10 Å². The van der Waals surface area contributed by atoms with Gasteiger partial charge in [0, 0.05) is 25.0 Å². The largest absolute Gasteiger partial charge is 0.296 e. The summed E-state index contributed by atoms with van der Waals surface area (Å²) in [6.07, 6.45) is 7.40. The van der Waals surface area contributed by atoms with Crippen LogP contribution >= 0.6 is 0 Å². The lowest BCUT2D eigenvalue weighted by molar-refractivity contribution is 0.0421. The quantitative estimate of drug-likeness (QED) is 0.597. The van der Waals surface area contributed by atoms with Crippen LogP contribution in [0.2, 0.25) is 0 Å². The number of rotatable bonds is 6. The van der Waals surface area contributed by atoms with Gasteiger partial charge in [-0.3, -0.25) is 20.9 Å². The maximum atomic E-state index is 5.87. The van der Waals surface area contributed by atoms with Crippen molar-refractivity contribution in [3.8, 4) is 0 Å². The van der Waals surface area contributed by atoms with Gasteiger partial charge in [-0.15, -0.1) is 0 Å². The first-order valence-corrected chi connectivity index (χ1v) is 7.66. The van der Waals surface area contributed by atoms with Crippen LogP contribution in [0.1, 0.15) is 45.4 Å². The molecule has 3 N–H and O–H groups in total. The van der Waals surface area contributed by atoms with Crippen LogP contribution in [-0.2, 0) is 13.5 Å². The molecule has 2 unspecified atom stereocenters. The van der Waals surface area contributed by atoms with Crippen molar-refractivity contribution in [2.75, 3.05) is 13.1 Å². The van der Waals surface area contributed by atoms with Gasteiger partial charge in [0.15, 0.2) is 0 Å². The minimum Gasteiger partial charge on any atom is -0.296 e. The van der Waals surface area contributed by atoms with Gasteiger partial charge in [0.1, 0.15) is 12.2 Å². The molecule has 2 rings (SSSR count). The van der Waals surface area contributed by atoms with Crippen LogP contribution in [0.25, 0.3) is 0 Å². The van der Waals surface area contributed by atoms with Crippen molar-refractivity contribution >= 4 is 0 Å². The molecule has 0 radical (unpaired) electrons. The zero-order chi connectivity index (χ0) is 14.6. The normalized spacial score (nSPS) is 21.6. The Morgan fingerprint density at radius 3 is 2.60 bits per heavy atom. The van der Waals surface area contributed by atoms with E-state index < -0.39 is 0 Å². The van der Waals surface area contributed by atoms with E-state index >= 15 is 0 Å². The molecule has 1 saturated heterocycles. The van der Waals surface area contributed by atoms with Gasteiger partial charge in [-0.1, -0.05) is 13.3 Å². The smallest absolute Gasteiger partial charge is 0.138 e. The molecule has 0 aromatic carbocycles. The maximum absolute atomic E-state index is 5.87. The molecule has 0 amide bonds. The number of piperidine rings is 1. The zero-order valence-electron chi connectivity index (χ0n) is 13.0. The Balaban J connectivity index is 2.15. The second-order valence-corrected chi connectivity index (χ2v) is 5.98. The van der Waals surface area contributed by atoms with Crippen LogP contribution in [0.5, 0.6) is 0 Å². The van der Waals surface area contributed by atoms with Crippen LogP contribution in [0.3, 0.4) is 0 Å². The summed E-state index contributed by atoms with van der Waals surface area (Å²) in [7, 11) is 1.93. The number of hydrazine groups is 1. The SMILES string of the molecule is CCC(C)(C(Cc1ncnn1C)NN)N1CCCCC1. The molecule has 1 aliphatic heterocycles. The molecule has 1 aliphatic rings. The molecule has 1 aromatic heterocycles. The predicted octanol–water partition coefficient (Wildman–Crippen LogP) is 0.844. The molecule has 0 spiro atoms. The van der Waals surface area contributed by atoms with Gasteiger partial charge in [0.05, 0.1) is 0 Å². The second-order valence-electron chi connectivity index (χ2n) is 5.98. The van der Waals surface area contributed by atoms with Crippen molar-refractivity contribution in [3.63, 3.8) is 0 Å². The number of hydrogen-bond acceptors (Lipinski definition) is 5. The molecule has 0 bridgehead atoms. The maximum Gasteiger partial charge on any atom is 0.138 e. The van der Waals surface area contributed by atoms with Crippen LogP contribution in [-0.4, -0.2) is 44.3 Å². The van der Waals surface area contributed by atoms with Crippen molar-refractivity contribution < 1.29 is 0 Å². The van der Waals surface area contributed by atoms with E-state index in [1.807, 2.05) is 11.7 Å². The summed E-state index contributed by atoms with van der Waals surface area (Å²) in [6.45, 7) is 6.90. The number of nitrogens with one attached hydrogen (secondary N) is 1. The molecule has 6 nitrogen and oxygen atoms in total. The van der Waals surface area contributed by atoms with Crippen molar-refractivity contribution in [1.29, 1.82) is 0 Å². The fourth-order valence-electron chi connectivity index (χ4n) is 3.24. The topological polar surface area (TPSA) is 72.0 Å². The fourth-order valence-corrected chi connectivity index (χ4v) is 3.24. The predicted molar refractivity (Wildman–Crippen MR) is 79.9 cm³/mol. The van der Waals surface area contributed by atoms with Gasteiger partial charge >= 0.3 is 0 Å². The number of hydrogen-bond donors (Lipinski definition) is 2. The molecular formula is C14H28N6. The van der Waals surface area contributed by atoms with E-state index in [1.165, 1.54) is 32.4 Å². The Bertz CT molecular complexity index is 412. The average molecular weight is 280 g/mol. The number of nitrogens with two attached hydrogens (primary N) is 1. The summed E-state index contributed by atoms with van der Waals surface area (Å²) in [6, 6.07) is 0.175. The first-order valence-electron chi connectivity index (χ1n) is 7.66. The van der Waals surface area contributed by atoms with Gasteiger partial charge in [0.2, 0.25) is 0 Å². The molecule has 20 heavy (non-hydrogen) atoms. The molecule has 0 aliphatic carbocycles. The zero-order valence-corrected chi connectivity index (χ0v) is 13.0. The minimum absolute atomic E-state index is 0.0567. The lowest BCUT2D eigenvalue weighted by atomic mass is 9.84. The van der Waals surface area contributed by atoms with E-state index in [9.17, 15) is 0 Å². The van der Waals surface area contributed by atoms with E-state index in [2.05, 4.69) is 34.3 Å². The van der Waals surface area contributed by atoms with Crippen LogP contribution in [0.15, 0.2) is 6.33 Å². The third kappa shape index (κ3) is 3.02. The van der Waals surface area contributed by atoms with Crippen LogP contribution in [0.4, 0.5) is 0 Å². The summed E-state index contributed by atoms with van der Waals surface area (Å²) in [4.78, 5) is 6.93. The summed E-state index contributed by atoms with van der Waals surface area (Å²) < 4.78 is 1.83. The van der Waals surface area contributed by atoms with E-state index in [0.29, 0.717) is 0 Å². The lowest BCUT2D eigenvalue weighted by Crippen LogP contribution is -2.62. The number of aromatic nitrogens is 3. The van der Waals surface area contributed by atoms with Gasteiger partial charge in [0.25, 0.3) is 0 Å². The molecule has 1 aromatic rings. The Labute approximate surface area is 121 Å². The van der Waals surface area contributed by atoms with Crippen LogP contribution in [0, 0.1) is 0 Å². The highest BCUT2D eigenvalue weighted by Crippen LogP contribution is 2.28. The van der Waals surface area contributed by atoms with Crippen molar-refractivity contribution in [2.24, 2.45) is 12.9 Å². The summed E-state index contributed by atoms with van der Waals surface area (Å²) in [5.74, 6) is 6.85. The van der Waals surface area contributed by atoms with Crippen LogP contribution < -0.4 is 11.3 Å². The molecule has 114 valence electrons. The monoisotopic (exact) mass is 280 g/mol. The Morgan fingerprint density at radius 2 is 2.10 bits per heavy atom. The summed E-state index contributed by atoms with van der Waals surface area (Å²) >= 11 is 0. The van der Waals surface area contributed by atoms with E-state index in [4.69, 9.17) is 5.84 Å². The van der Waals surface area contributed by atoms with E-state index in [1.54, 1.807) is 6.33 Å². The van der Waals surface area contributed by atoms with Crippen molar-refractivity contribution in [2.45, 2.75) is 57.5 Å². The highest BCUT2D eigenvalue weighted by atomic mass is 15.3. The van der Waals surface area contributed by atoms with Gasteiger partial charge in [-0.25, -0.2) is 4.98 Å². The average Bonchev–Trinajstić information content (AvgIpc) is 2.90. The molecule has 1 fully saturated rings. The molecular weight excluding hydrogens is 252 g/mol. The lowest BCUT2D eigenvalue weighted by Gasteiger charge is -2.47. The third-order valence-corrected chi connectivity index (χ3v) is 4.94. The molecule has 2 atom stereocenters. The standard InChI is InChI=1S/C14H28N6/c1-4-14(2,20-8-6-5-7-9-20)12(18-15)10-13-16-11-17-19(13)3/h11-12,18H,4-10,15H2,1-3H3. The van der Waals surface area contributed by atoms with E-state index in [-0.39, 0.29) is 11.6 Å². The molecule has 2 heterocycles. The summed E-state index contributed by atoms with van der Waals surface area (Å²) in [5, 5.41) is 4.15. The Hall–Kier alpha value is -0.980. The number of nitrogens with zero attached hydrogens (tertiary/aromatic N) is 4. The molecule has 6 heteroatoms. The Morgan fingerprint density at radius 1 is 1.40 bits per heavy atom. The Kier molecular flexibility index (Phi) is 5.12. The second kappa shape index (κ2) is 6.65. The van der Waals surface area contributed by atoms with Gasteiger partial charge in [-0.05, 0) is 39.3 Å². The number of aryl methyl sites for hydroxylation is 1. The highest BCUT2D eigenvalue weighted by molar-refractivity contribution is 5.01. The fraction of sp³-hybridized carbons (Fsp3) is 0.857. The van der Waals surface area contributed by atoms with Gasteiger partial charge < -0.3 is 0 Å². The third-order valence-electron chi connectivity index (χ3n) is 4.94. The first kappa shape index (κ1) is 15.4. The van der Waals surface area contributed by atoms with Crippen molar-refractivity contribution in [3.05, 3.63) is 12.2 Å². The van der Waals surface area contributed by atoms with E-state index in [0.717, 1.165) is 18.7 Å².